The number of rotatable bonds is 5. The number of methoxy groups -OCH3 is 2. The Morgan fingerprint density at radius 2 is 1.76 bits per heavy atom. The summed E-state index contributed by atoms with van der Waals surface area (Å²) in [5.74, 6) is 1.01. The monoisotopic (exact) mass is 411 g/mol. The van der Waals surface area contributed by atoms with Crippen LogP contribution in [0.4, 0.5) is 5.69 Å². The second-order valence-corrected chi connectivity index (χ2v) is 7.37. The normalized spacial score (nSPS) is 16.0. The number of allylic oxidation sites excluding steroid dienone is 1. The Hall–Kier alpha value is -3.06. The van der Waals surface area contributed by atoms with Crippen LogP contribution < -0.4 is 25.4 Å². The maximum Gasteiger partial charge on any atom is 0.255 e. The Bertz CT molecular complexity index is 1000. The van der Waals surface area contributed by atoms with E-state index in [1.165, 1.54) is 0 Å². The summed E-state index contributed by atoms with van der Waals surface area (Å²) >= 11 is 5.33. The smallest absolute Gasteiger partial charge is 0.255 e. The summed E-state index contributed by atoms with van der Waals surface area (Å²) in [6.07, 6.45) is 0. The maximum atomic E-state index is 13.3. The lowest BCUT2D eigenvalue weighted by atomic mass is 9.94. The molecule has 0 saturated heterocycles. The van der Waals surface area contributed by atoms with Gasteiger partial charge in [-0.05, 0) is 67.9 Å². The molecule has 0 aliphatic carbocycles. The molecule has 152 valence electrons. The van der Waals surface area contributed by atoms with Crippen molar-refractivity contribution in [1.29, 1.82) is 0 Å². The summed E-state index contributed by atoms with van der Waals surface area (Å²) in [4.78, 5) is 13.3. The van der Waals surface area contributed by atoms with E-state index in [0.29, 0.717) is 27.9 Å². The highest BCUT2D eigenvalue weighted by atomic mass is 32.1. The van der Waals surface area contributed by atoms with Gasteiger partial charge in [-0.15, -0.1) is 0 Å². The highest BCUT2D eigenvalue weighted by Gasteiger charge is 2.30. The van der Waals surface area contributed by atoms with E-state index in [2.05, 4.69) is 16.0 Å². The number of hydrogen-bond donors (Lipinski definition) is 3. The number of benzene rings is 2. The third-order valence-electron chi connectivity index (χ3n) is 4.90. The van der Waals surface area contributed by atoms with E-state index in [0.717, 1.165) is 22.4 Å². The van der Waals surface area contributed by atoms with Gasteiger partial charge in [0, 0.05) is 11.4 Å². The lowest BCUT2D eigenvalue weighted by Gasteiger charge is -2.30. The van der Waals surface area contributed by atoms with E-state index >= 15 is 0 Å². The fourth-order valence-electron chi connectivity index (χ4n) is 3.34. The van der Waals surface area contributed by atoms with Crippen molar-refractivity contribution >= 4 is 28.9 Å². The maximum absolute atomic E-state index is 13.3. The first-order valence-electron chi connectivity index (χ1n) is 9.23. The SMILES string of the molecule is COc1ccc(C2NC(=S)NC(C)=C2C(=O)Nc2cc(C)ccc2C)cc1OC. The van der Waals surface area contributed by atoms with Gasteiger partial charge in [0.2, 0.25) is 0 Å². The summed E-state index contributed by atoms with van der Waals surface area (Å²) < 4.78 is 10.7. The van der Waals surface area contributed by atoms with Gasteiger partial charge in [-0.25, -0.2) is 0 Å². The number of ether oxygens (including phenoxy) is 2. The molecule has 7 heteroatoms. The van der Waals surface area contributed by atoms with Crippen LogP contribution in [0, 0.1) is 13.8 Å². The highest BCUT2D eigenvalue weighted by molar-refractivity contribution is 7.80. The summed E-state index contributed by atoms with van der Waals surface area (Å²) in [6, 6.07) is 11.1. The molecule has 0 bridgehead atoms. The number of aryl methyl sites for hydroxylation is 2. The molecule has 0 saturated carbocycles. The summed E-state index contributed by atoms with van der Waals surface area (Å²) in [5.41, 5.74) is 4.97. The van der Waals surface area contributed by atoms with Crippen LogP contribution in [0.5, 0.6) is 11.5 Å². The fraction of sp³-hybridized carbons (Fsp3) is 0.273. The van der Waals surface area contributed by atoms with Crippen molar-refractivity contribution in [3.05, 3.63) is 64.4 Å². The Labute approximate surface area is 176 Å². The second-order valence-electron chi connectivity index (χ2n) is 6.96. The van der Waals surface area contributed by atoms with Gasteiger partial charge in [0.15, 0.2) is 16.6 Å². The molecule has 0 aromatic heterocycles. The largest absolute Gasteiger partial charge is 0.493 e. The molecular formula is C22H25N3O3S. The zero-order valence-corrected chi connectivity index (χ0v) is 18.0. The third kappa shape index (κ3) is 4.35. The quantitative estimate of drug-likeness (QED) is 0.651. The Balaban J connectivity index is 2.00. The molecule has 0 fully saturated rings. The number of thiocarbonyl (C=S) groups is 1. The molecule has 2 aromatic carbocycles. The van der Waals surface area contributed by atoms with Crippen LogP contribution in [0.15, 0.2) is 47.7 Å². The van der Waals surface area contributed by atoms with Crippen LogP contribution in [-0.4, -0.2) is 25.2 Å². The fourth-order valence-corrected chi connectivity index (χ4v) is 3.61. The van der Waals surface area contributed by atoms with Gasteiger partial charge in [0.05, 0.1) is 25.8 Å². The summed E-state index contributed by atoms with van der Waals surface area (Å²) in [7, 11) is 3.17. The first-order chi connectivity index (χ1) is 13.8. The molecule has 1 unspecified atom stereocenters. The molecule has 1 aliphatic rings. The molecule has 1 atom stereocenters. The van der Waals surface area contributed by atoms with Crippen molar-refractivity contribution in [3.8, 4) is 11.5 Å². The zero-order valence-electron chi connectivity index (χ0n) is 17.2. The number of carbonyl (C=O) groups excluding carboxylic acids is 1. The van der Waals surface area contributed by atoms with Crippen molar-refractivity contribution in [2.45, 2.75) is 26.8 Å². The van der Waals surface area contributed by atoms with E-state index < -0.39 is 6.04 Å². The van der Waals surface area contributed by atoms with Crippen molar-refractivity contribution in [1.82, 2.24) is 10.6 Å². The van der Waals surface area contributed by atoms with Crippen LogP contribution >= 0.6 is 12.2 Å². The highest BCUT2D eigenvalue weighted by Crippen LogP contribution is 2.34. The van der Waals surface area contributed by atoms with Gasteiger partial charge in [-0.1, -0.05) is 18.2 Å². The van der Waals surface area contributed by atoms with Gasteiger partial charge < -0.3 is 25.4 Å². The van der Waals surface area contributed by atoms with E-state index in [9.17, 15) is 4.79 Å². The Morgan fingerprint density at radius 1 is 1.03 bits per heavy atom. The van der Waals surface area contributed by atoms with Gasteiger partial charge in [0.25, 0.3) is 5.91 Å². The molecule has 1 amide bonds. The lowest BCUT2D eigenvalue weighted by molar-refractivity contribution is -0.113. The number of hydrogen-bond acceptors (Lipinski definition) is 4. The molecule has 0 radical (unpaired) electrons. The summed E-state index contributed by atoms with van der Waals surface area (Å²) in [5, 5.41) is 9.76. The van der Waals surface area contributed by atoms with Crippen LogP contribution in [0.1, 0.15) is 29.7 Å². The number of anilines is 1. The van der Waals surface area contributed by atoms with Gasteiger partial charge in [-0.3, -0.25) is 4.79 Å². The van der Waals surface area contributed by atoms with Crippen molar-refractivity contribution in [2.24, 2.45) is 0 Å². The first-order valence-corrected chi connectivity index (χ1v) is 9.63. The van der Waals surface area contributed by atoms with Crippen LogP contribution in [0.25, 0.3) is 0 Å². The first kappa shape index (κ1) is 20.7. The molecule has 3 N–H and O–H groups in total. The molecule has 29 heavy (non-hydrogen) atoms. The van der Waals surface area contributed by atoms with Gasteiger partial charge in [0.1, 0.15) is 0 Å². The van der Waals surface area contributed by atoms with Crippen molar-refractivity contribution in [2.75, 3.05) is 19.5 Å². The molecule has 0 spiro atoms. The minimum atomic E-state index is -0.423. The minimum absolute atomic E-state index is 0.196. The average Bonchev–Trinajstić information content (AvgIpc) is 2.69. The molecule has 6 nitrogen and oxygen atoms in total. The second kappa shape index (κ2) is 8.53. The molecule has 3 rings (SSSR count). The van der Waals surface area contributed by atoms with Crippen molar-refractivity contribution < 1.29 is 14.3 Å². The average molecular weight is 412 g/mol. The van der Waals surface area contributed by atoms with E-state index in [4.69, 9.17) is 21.7 Å². The topological polar surface area (TPSA) is 71.6 Å². The van der Waals surface area contributed by atoms with E-state index in [1.807, 2.05) is 57.2 Å². The Morgan fingerprint density at radius 3 is 2.45 bits per heavy atom. The van der Waals surface area contributed by atoms with Crippen LogP contribution in [0.3, 0.4) is 0 Å². The van der Waals surface area contributed by atoms with Gasteiger partial charge >= 0.3 is 0 Å². The predicted octanol–water partition coefficient (Wildman–Crippen LogP) is 3.75. The molecule has 2 aromatic rings. The van der Waals surface area contributed by atoms with Crippen LogP contribution in [0.2, 0.25) is 0 Å². The summed E-state index contributed by atoms with van der Waals surface area (Å²) in [6.45, 7) is 5.81. The van der Waals surface area contributed by atoms with E-state index in [-0.39, 0.29) is 5.91 Å². The minimum Gasteiger partial charge on any atom is -0.493 e. The molecular weight excluding hydrogens is 386 g/mol. The van der Waals surface area contributed by atoms with Crippen LogP contribution in [-0.2, 0) is 4.79 Å². The number of nitrogens with one attached hydrogen (secondary N) is 3. The molecule has 1 aliphatic heterocycles. The third-order valence-corrected chi connectivity index (χ3v) is 5.12. The van der Waals surface area contributed by atoms with Gasteiger partial charge in [-0.2, -0.15) is 0 Å². The standard InChI is InChI=1S/C22H25N3O3S/c1-12-6-7-13(2)16(10-12)24-21(26)19-14(3)23-22(29)25-20(19)15-8-9-17(27-4)18(11-15)28-5/h6-11,20H,1-5H3,(H,24,26)(H2,23,25,29). The van der Waals surface area contributed by atoms with E-state index in [1.54, 1.807) is 14.2 Å². The zero-order chi connectivity index (χ0) is 21.1. The predicted molar refractivity (Wildman–Crippen MR) is 118 cm³/mol. The lowest BCUT2D eigenvalue weighted by Crippen LogP contribution is -2.45. The Kier molecular flexibility index (Phi) is 6.08. The van der Waals surface area contributed by atoms with Crippen molar-refractivity contribution in [3.63, 3.8) is 0 Å². The number of amides is 1. The molecule has 1 heterocycles. The number of carbonyl (C=O) groups is 1.